The van der Waals surface area contributed by atoms with Gasteiger partial charge in [0.25, 0.3) is 0 Å². The first kappa shape index (κ1) is 22.9. The van der Waals surface area contributed by atoms with Crippen molar-refractivity contribution in [2.45, 2.75) is 25.1 Å². The Labute approximate surface area is 205 Å². The van der Waals surface area contributed by atoms with Crippen LogP contribution in [0.2, 0.25) is 0 Å². The van der Waals surface area contributed by atoms with Gasteiger partial charge >= 0.3 is 0 Å². The summed E-state index contributed by atoms with van der Waals surface area (Å²) in [5.41, 5.74) is 3.00. The molecule has 0 unspecified atom stereocenters. The molecule has 35 heavy (non-hydrogen) atoms. The molecule has 2 aliphatic heterocycles. The number of carbonyl (C=O) groups excluding carboxylic acids is 2. The second-order valence-electron chi connectivity index (χ2n) is 8.21. The molecule has 7 nitrogen and oxygen atoms in total. The molecule has 3 aromatic carbocycles. The zero-order valence-corrected chi connectivity index (χ0v) is 19.7. The van der Waals surface area contributed by atoms with E-state index in [4.69, 9.17) is 9.47 Å². The number of amidine groups is 1. The Morgan fingerprint density at radius 3 is 2.71 bits per heavy atom. The minimum atomic E-state index is -0.657. The van der Waals surface area contributed by atoms with Gasteiger partial charge in [-0.2, -0.15) is 0 Å². The lowest BCUT2D eigenvalue weighted by Gasteiger charge is -2.32. The Hall–Kier alpha value is -3.85. The molecule has 1 atom stereocenters. The molecule has 3 aromatic rings. The molecule has 0 radical (unpaired) electrons. The lowest BCUT2D eigenvalue weighted by molar-refractivity contribution is -0.129. The zero-order valence-electron chi connectivity index (χ0n) is 18.9. The van der Waals surface area contributed by atoms with E-state index in [0.717, 1.165) is 11.1 Å². The van der Waals surface area contributed by atoms with Crippen LogP contribution in [-0.2, 0) is 16.1 Å². The number of aryl methyl sites for hydroxylation is 1. The Morgan fingerprint density at radius 2 is 1.91 bits per heavy atom. The van der Waals surface area contributed by atoms with Crippen molar-refractivity contribution >= 4 is 40.1 Å². The Kier molecular flexibility index (Phi) is 6.41. The van der Waals surface area contributed by atoms with E-state index in [1.165, 1.54) is 36.0 Å². The van der Waals surface area contributed by atoms with Crippen molar-refractivity contribution in [2.24, 2.45) is 4.99 Å². The van der Waals surface area contributed by atoms with Gasteiger partial charge in [0.05, 0.1) is 12.2 Å². The number of anilines is 1. The molecule has 2 heterocycles. The molecule has 0 saturated carbocycles. The number of aliphatic imine (C=N–C) groups is 1. The standard InChI is InChI=1S/C26H22FN3O4S/c1-16-3-2-4-20(11-16)28-25(32)23-13-24(31)30(14-17-5-10-21-22(12-17)34-15-33-21)26(35-23)29-19-8-6-18(27)7-9-19/h2-12,23H,13-15H2,1H3,(H,28,32)/t23-/m1/s1. The number of halogens is 1. The fourth-order valence-electron chi connectivity index (χ4n) is 3.79. The Morgan fingerprint density at radius 1 is 1.11 bits per heavy atom. The van der Waals surface area contributed by atoms with Crippen molar-refractivity contribution in [3.05, 3.63) is 83.7 Å². The van der Waals surface area contributed by atoms with Gasteiger partial charge in [0.1, 0.15) is 11.1 Å². The third-order valence-corrected chi connectivity index (χ3v) is 6.73. The van der Waals surface area contributed by atoms with Crippen LogP contribution in [0.5, 0.6) is 11.5 Å². The van der Waals surface area contributed by atoms with Gasteiger partial charge in [-0.1, -0.05) is 30.0 Å². The van der Waals surface area contributed by atoms with E-state index >= 15 is 0 Å². The lowest BCUT2D eigenvalue weighted by atomic mass is 10.1. The number of nitrogens with zero attached hydrogens (tertiary/aromatic N) is 2. The highest BCUT2D eigenvalue weighted by atomic mass is 32.2. The number of thioether (sulfide) groups is 1. The van der Waals surface area contributed by atoms with Gasteiger partial charge in [0, 0.05) is 12.1 Å². The number of carbonyl (C=O) groups is 2. The quantitative estimate of drug-likeness (QED) is 0.542. The van der Waals surface area contributed by atoms with Gasteiger partial charge in [-0.3, -0.25) is 14.5 Å². The first-order valence-electron chi connectivity index (χ1n) is 11.0. The molecule has 0 spiro atoms. The fraction of sp³-hybridized carbons (Fsp3) is 0.192. The molecule has 1 saturated heterocycles. The maximum Gasteiger partial charge on any atom is 0.238 e. The second-order valence-corrected chi connectivity index (χ2v) is 9.38. The molecular weight excluding hydrogens is 469 g/mol. The maximum absolute atomic E-state index is 13.4. The molecule has 1 N–H and O–H groups in total. The molecule has 2 amide bonds. The maximum atomic E-state index is 13.4. The average molecular weight is 492 g/mol. The highest BCUT2D eigenvalue weighted by Gasteiger charge is 2.36. The van der Waals surface area contributed by atoms with Crippen LogP contribution in [0, 0.1) is 12.7 Å². The van der Waals surface area contributed by atoms with Gasteiger partial charge in [0.2, 0.25) is 18.6 Å². The highest BCUT2D eigenvalue weighted by Crippen LogP contribution is 2.35. The van der Waals surface area contributed by atoms with Crippen molar-refractivity contribution in [3.8, 4) is 11.5 Å². The minimum absolute atomic E-state index is 0.0231. The summed E-state index contributed by atoms with van der Waals surface area (Å²) in [7, 11) is 0. The first-order valence-corrected chi connectivity index (χ1v) is 11.9. The van der Waals surface area contributed by atoms with Crippen LogP contribution in [0.4, 0.5) is 15.8 Å². The summed E-state index contributed by atoms with van der Waals surface area (Å²) in [6, 6.07) is 18.6. The van der Waals surface area contributed by atoms with E-state index in [-0.39, 0.29) is 37.4 Å². The fourth-order valence-corrected chi connectivity index (χ4v) is 4.89. The van der Waals surface area contributed by atoms with Crippen molar-refractivity contribution in [2.75, 3.05) is 12.1 Å². The van der Waals surface area contributed by atoms with E-state index in [0.29, 0.717) is 28.0 Å². The SMILES string of the molecule is Cc1cccc(NC(=O)[C@H]2CC(=O)N(Cc3ccc4c(c3)OCO4)C(=Nc3ccc(F)cc3)S2)c1. The van der Waals surface area contributed by atoms with Crippen molar-refractivity contribution in [1.29, 1.82) is 0 Å². The zero-order chi connectivity index (χ0) is 24.4. The number of rotatable bonds is 5. The third-order valence-electron chi connectivity index (χ3n) is 5.55. The van der Waals surface area contributed by atoms with E-state index in [9.17, 15) is 14.0 Å². The van der Waals surface area contributed by atoms with Crippen molar-refractivity contribution in [1.82, 2.24) is 4.90 Å². The summed E-state index contributed by atoms with van der Waals surface area (Å²) in [4.78, 5) is 32.4. The van der Waals surface area contributed by atoms with E-state index in [2.05, 4.69) is 10.3 Å². The summed E-state index contributed by atoms with van der Waals surface area (Å²) in [6.07, 6.45) is 0.0231. The molecular formula is C26H22FN3O4S. The van der Waals surface area contributed by atoms with E-state index in [1.807, 2.05) is 37.3 Å². The number of hydrogen-bond donors (Lipinski definition) is 1. The predicted octanol–water partition coefficient (Wildman–Crippen LogP) is 5.02. The summed E-state index contributed by atoms with van der Waals surface area (Å²) in [5.74, 6) is 0.386. The molecule has 178 valence electrons. The van der Waals surface area contributed by atoms with Crippen LogP contribution >= 0.6 is 11.8 Å². The van der Waals surface area contributed by atoms with Gasteiger partial charge in [-0.25, -0.2) is 9.38 Å². The second kappa shape index (κ2) is 9.79. The summed E-state index contributed by atoms with van der Waals surface area (Å²) >= 11 is 1.21. The molecule has 1 fully saturated rings. The van der Waals surface area contributed by atoms with Crippen LogP contribution in [0.15, 0.2) is 71.7 Å². The van der Waals surface area contributed by atoms with Crippen LogP contribution in [0.25, 0.3) is 0 Å². The third kappa shape index (κ3) is 5.30. The highest BCUT2D eigenvalue weighted by molar-refractivity contribution is 8.15. The molecule has 0 aromatic heterocycles. The number of nitrogens with one attached hydrogen (secondary N) is 1. The smallest absolute Gasteiger partial charge is 0.238 e. The normalized spacial score (nSPS) is 18.1. The Balaban J connectivity index is 1.41. The summed E-state index contributed by atoms with van der Waals surface area (Å²) < 4.78 is 24.2. The Bertz CT molecular complexity index is 1310. The number of ether oxygens (including phenoxy) is 2. The largest absolute Gasteiger partial charge is 0.454 e. The summed E-state index contributed by atoms with van der Waals surface area (Å²) in [6.45, 7) is 2.34. The topological polar surface area (TPSA) is 80.2 Å². The molecule has 0 bridgehead atoms. The average Bonchev–Trinajstić information content (AvgIpc) is 3.30. The van der Waals surface area contributed by atoms with Crippen LogP contribution < -0.4 is 14.8 Å². The van der Waals surface area contributed by atoms with Gasteiger partial charge in [-0.15, -0.1) is 0 Å². The molecule has 0 aliphatic carbocycles. The predicted molar refractivity (Wildman–Crippen MR) is 132 cm³/mol. The number of hydrogen-bond acceptors (Lipinski definition) is 6. The van der Waals surface area contributed by atoms with Crippen LogP contribution in [0.3, 0.4) is 0 Å². The molecule has 9 heteroatoms. The van der Waals surface area contributed by atoms with E-state index in [1.54, 1.807) is 17.0 Å². The van der Waals surface area contributed by atoms with Crippen LogP contribution in [0.1, 0.15) is 17.5 Å². The lowest BCUT2D eigenvalue weighted by Crippen LogP contribution is -2.44. The number of amides is 2. The molecule has 2 aliphatic rings. The molecule has 5 rings (SSSR count). The van der Waals surface area contributed by atoms with Crippen molar-refractivity contribution < 1.29 is 23.5 Å². The minimum Gasteiger partial charge on any atom is -0.454 e. The van der Waals surface area contributed by atoms with Gasteiger partial charge in [-0.05, 0) is 66.6 Å². The van der Waals surface area contributed by atoms with E-state index < -0.39 is 5.25 Å². The number of benzene rings is 3. The van der Waals surface area contributed by atoms with Gasteiger partial charge in [0.15, 0.2) is 16.7 Å². The van der Waals surface area contributed by atoms with Crippen molar-refractivity contribution in [3.63, 3.8) is 0 Å². The monoisotopic (exact) mass is 491 g/mol. The number of fused-ring (bicyclic) bond motifs is 1. The van der Waals surface area contributed by atoms with Crippen LogP contribution in [-0.4, -0.2) is 33.9 Å². The first-order chi connectivity index (χ1) is 16.9. The van der Waals surface area contributed by atoms with Gasteiger partial charge < -0.3 is 14.8 Å². The summed E-state index contributed by atoms with van der Waals surface area (Å²) in [5, 5.41) is 2.61.